The van der Waals surface area contributed by atoms with Crippen LogP contribution in [-0.2, 0) is 9.59 Å². The van der Waals surface area contributed by atoms with E-state index in [2.05, 4.69) is 19.2 Å². The highest BCUT2D eigenvalue weighted by Crippen LogP contribution is 2.10. The van der Waals surface area contributed by atoms with E-state index in [1.165, 1.54) is 6.42 Å². The number of nitrogens with zero attached hydrogens (tertiary/aromatic N) is 1. The van der Waals surface area contributed by atoms with Crippen LogP contribution in [0.4, 0.5) is 0 Å². The summed E-state index contributed by atoms with van der Waals surface area (Å²) in [6.45, 7) is 6.61. The number of carbonyl (C=O) groups is 2. The zero-order valence-electron chi connectivity index (χ0n) is 16.1. The maximum atomic E-state index is 11.2. The van der Waals surface area contributed by atoms with E-state index in [4.69, 9.17) is 20.4 Å². The number of unbranched alkanes of at least 4 members (excludes halogenated alkanes) is 1. The molecule has 0 fully saturated rings. The standard InChI is InChI=1S/C12H21NO3.C6H15NO3/c1-3-5-6-10(4-2)9-13-11(14)7-8-12(15)16;8-4-1-7(2-5-9)3-6-10/h7-8,10H,3-6,9H2,1-2H3,(H,13,14)(H,15,16);8-10H,1-6H2/b8-7-;. The first-order chi connectivity index (χ1) is 12.4. The third-order valence-electron chi connectivity index (χ3n) is 3.73. The molecule has 0 aromatic rings. The highest BCUT2D eigenvalue weighted by atomic mass is 16.4. The lowest BCUT2D eigenvalue weighted by atomic mass is 9.99. The zero-order valence-corrected chi connectivity index (χ0v) is 16.1. The maximum Gasteiger partial charge on any atom is 0.328 e. The minimum Gasteiger partial charge on any atom is -0.478 e. The Morgan fingerprint density at radius 3 is 1.92 bits per heavy atom. The van der Waals surface area contributed by atoms with Crippen LogP contribution in [-0.4, -0.2) is 83.2 Å². The number of aliphatic hydroxyl groups excluding tert-OH is 3. The summed E-state index contributed by atoms with van der Waals surface area (Å²) in [5, 5.41) is 36.5. The number of hydrogen-bond donors (Lipinski definition) is 5. The molecule has 1 atom stereocenters. The molecule has 1 unspecified atom stereocenters. The summed E-state index contributed by atoms with van der Waals surface area (Å²) in [7, 11) is 0. The number of hydrogen-bond acceptors (Lipinski definition) is 6. The first kappa shape index (κ1) is 26.7. The number of amides is 1. The van der Waals surface area contributed by atoms with E-state index in [0.29, 0.717) is 32.1 Å². The lowest BCUT2D eigenvalue weighted by Gasteiger charge is -2.17. The van der Waals surface area contributed by atoms with Crippen LogP contribution in [0.15, 0.2) is 12.2 Å². The molecule has 0 saturated heterocycles. The van der Waals surface area contributed by atoms with Gasteiger partial charge < -0.3 is 25.7 Å². The molecule has 8 heteroatoms. The van der Waals surface area contributed by atoms with Crippen LogP contribution in [0.2, 0.25) is 0 Å². The smallest absolute Gasteiger partial charge is 0.328 e. The van der Waals surface area contributed by atoms with E-state index in [9.17, 15) is 9.59 Å². The number of nitrogens with one attached hydrogen (secondary N) is 1. The minimum absolute atomic E-state index is 0.0694. The fourth-order valence-corrected chi connectivity index (χ4v) is 2.15. The van der Waals surface area contributed by atoms with Crippen molar-refractivity contribution in [3.8, 4) is 0 Å². The van der Waals surface area contributed by atoms with Crippen molar-refractivity contribution in [3.05, 3.63) is 12.2 Å². The normalized spacial score (nSPS) is 11.9. The van der Waals surface area contributed by atoms with Gasteiger partial charge in [0, 0.05) is 38.3 Å². The van der Waals surface area contributed by atoms with Crippen molar-refractivity contribution in [2.45, 2.75) is 39.5 Å². The summed E-state index contributed by atoms with van der Waals surface area (Å²) < 4.78 is 0. The molecule has 0 radical (unpaired) electrons. The van der Waals surface area contributed by atoms with Crippen molar-refractivity contribution in [2.24, 2.45) is 5.92 Å². The van der Waals surface area contributed by atoms with E-state index < -0.39 is 5.97 Å². The molecular weight excluding hydrogens is 340 g/mol. The van der Waals surface area contributed by atoms with Gasteiger partial charge in [-0.25, -0.2) is 4.79 Å². The molecule has 0 rings (SSSR count). The van der Waals surface area contributed by atoms with E-state index in [-0.39, 0.29) is 25.7 Å². The minimum atomic E-state index is -1.10. The molecule has 0 aliphatic rings. The van der Waals surface area contributed by atoms with Crippen molar-refractivity contribution < 1.29 is 30.0 Å². The predicted octanol–water partition coefficient (Wildman–Crippen LogP) is 0.225. The third-order valence-corrected chi connectivity index (χ3v) is 3.73. The number of carboxylic acids is 1. The predicted molar refractivity (Wildman–Crippen MR) is 101 cm³/mol. The van der Waals surface area contributed by atoms with Gasteiger partial charge in [0.1, 0.15) is 0 Å². The summed E-state index contributed by atoms with van der Waals surface area (Å²) in [6.07, 6.45) is 6.36. The van der Waals surface area contributed by atoms with Crippen LogP contribution in [0.3, 0.4) is 0 Å². The van der Waals surface area contributed by atoms with E-state index in [1.54, 1.807) is 4.90 Å². The second-order valence-electron chi connectivity index (χ2n) is 5.85. The molecule has 0 aliphatic heterocycles. The zero-order chi connectivity index (χ0) is 20.2. The summed E-state index contributed by atoms with van der Waals surface area (Å²) in [6, 6.07) is 0. The Morgan fingerprint density at radius 1 is 1.00 bits per heavy atom. The van der Waals surface area contributed by atoms with Crippen LogP contribution in [0.1, 0.15) is 39.5 Å². The highest BCUT2D eigenvalue weighted by Gasteiger charge is 2.06. The molecule has 0 aliphatic carbocycles. The Balaban J connectivity index is 0. The van der Waals surface area contributed by atoms with Crippen LogP contribution in [0.25, 0.3) is 0 Å². The largest absolute Gasteiger partial charge is 0.478 e. The SMILES string of the molecule is CCCCC(CC)CNC(=O)/C=C\C(=O)O.OCCN(CCO)CCO. The van der Waals surface area contributed by atoms with Crippen LogP contribution >= 0.6 is 0 Å². The van der Waals surface area contributed by atoms with Gasteiger partial charge in [0.15, 0.2) is 0 Å². The van der Waals surface area contributed by atoms with Crippen molar-refractivity contribution >= 4 is 11.9 Å². The van der Waals surface area contributed by atoms with E-state index in [0.717, 1.165) is 31.4 Å². The van der Waals surface area contributed by atoms with Gasteiger partial charge in [0.25, 0.3) is 0 Å². The number of carboxylic acid groups (broad SMARTS) is 1. The monoisotopic (exact) mass is 376 g/mol. The first-order valence-electron chi connectivity index (χ1n) is 9.18. The molecule has 5 N–H and O–H groups in total. The molecule has 0 heterocycles. The van der Waals surface area contributed by atoms with Crippen molar-refractivity contribution in [1.82, 2.24) is 10.2 Å². The van der Waals surface area contributed by atoms with Gasteiger partial charge in [0.2, 0.25) is 5.91 Å². The summed E-state index contributed by atoms with van der Waals surface area (Å²) >= 11 is 0. The maximum absolute atomic E-state index is 11.2. The second kappa shape index (κ2) is 19.8. The molecular formula is C18H36N2O6. The lowest BCUT2D eigenvalue weighted by Crippen LogP contribution is -2.32. The fraction of sp³-hybridized carbons (Fsp3) is 0.778. The summed E-state index contributed by atoms with van der Waals surface area (Å²) in [4.78, 5) is 23.1. The molecule has 0 bridgehead atoms. The Bertz CT molecular complexity index is 362. The highest BCUT2D eigenvalue weighted by molar-refractivity contribution is 5.93. The molecule has 1 amide bonds. The van der Waals surface area contributed by atoms with Crippen LogP contribution < -0.4 is 5.32 Å². The molecule has 26 heavy (non-hydrogen) atoms. The lowest BCUT2D eigenvalue weighted by molar-refractivity contribution is -0.131. The van der Waals surface area contributed by atoms with Gasteiger partial charge in [-0.1, -0.05) is 33.1 Å². The van der Waals surface area contributed by atoms with Gasteiger partial charge in [-0.15, -0.1) is 0 Å². The average molecular weight is 376 g/mol. The molecule has 0 aromatic heterocycles. The average Bonchev–Trinajstić information content (AvgIpc) is 2.61. The molecule has 0 saturated carbocycles. The fourth-order valence-electron chi connectivity index (χ4n) is 2.15. The number of carbonyl (C=O) groups excluding carboxylic acids is 1. The third kappa shape index (κ3) is 18.9. The number of aliphatic hydroxyl groups is 3. The Labute approximate surface area is 156 Å². The molecule has 154 valence electrons. The van der Waals surface area contributed by atoms with Gasteiger partial charge in [0.05, 0.1) is 19.8 Å². The van der Waals surface area contributed by atoms with E-state index >= 15 is 0 Å². The van der Waals surface area contributed by atoms with Gasteiger partial charge >= 0.3 is 5.97 Å². The second-order valence-corrected chi connectivity index (χ2v) is 5.85. The number of rotatable bonds is 14. The Morgan fingerprint density at radius 2 is 1.54 bits per heavy atom. The molecule has 8 nitrogen and oxygen atoms in total. The molecule has 0 spiro atoms. The molecule has 0 aromatic carbocycles. The summed E-state index contributed by atoms with van der Waals surface area (Å²) in [5.41, 5.74) is 0. The van der Waals surface area contributed by atoms with E-state index in [1.807, 2.05) is 0 Å². The Hall–Kier alpha value is -1.48. The van der Waals surface area contributed by atoms with Gasteiger partial charge in [-0.05, 0) is 12.3 Å². The summed E-state index contributed by atoms with van der Waals surface area (Å²) in [5.74, 6) is -0.951. The van der Waals surface area contributed by atoms with Gasteiger partial charge in [-0.2, -0.15) is 0 Å². The number of aliphatic carboxylic acids is 1. The van der Waals surface area contributed by atoms with Crippen LogP contribution in [0.5, 0.6) is 0 Å². The van der Waals surface area contributed by atoms with Crippen molar-refractivity contribution in [3.63, 3.8) is 0 Å². The first-order valence-corrected chi connectivity index (χ1v) is 9.18. The topological polar surface area (TPSA) is 130 Å². The Kier molecular flexibility index (Phi) is 20.4. The quantitative estimate of drug-likeness (QED) is 0.274. The van der Waals surface area contributed by atoms with Gasteiger partial charge in [-0.3, -0.25) is 9.69 Å². The van der Waals surface area contributed by atoms with Crippen LogP contribution in [0, 0.1) is 5.92 Å². The van der Waals surface area contributed by atoms with Crippen molar-refractivity contribution in [1.29, 1.82) is 0 Å². The van der Waals surface area contributed by atoms with Crippen molar-refractivity contribution in [2.75, 3.05) is 46.0 Å².